The Bertz CT molecular complexity index is 662. The fraction of sp³-hybridized carbons (Fsp3) is 0.357. The van der Waals surface area contributed by atoms with E-state index in [4.69, 9.17) is 27.9 Å². The number of hydrogen-bond donors (Lipinski definition) is 1. The van der Waals surface area contributed by atoms with Crippen LogP contribution < -0.4 is 5.01 Å². The lowest BCUT2D eigenvalue weighted by Crippen LogP contribution is -2.47. The second kappa shape index (κ2) is 6.14. The number of carboxylic acids is 1. The van der Waals surface area contributed by atoms with Gasteiger partial charge in [-0.2, -0.15) is 5.10 Å². The number of hydrogen-bond acceptors (Lipinski definition) is 5. The van der Waals surface area contributed by atoms with E-state index < -0.39 is 17.5 Å². The number of ether oxygens (including phenoxy) is 1. The average Bonchev–Trinajstić information content (AvgIpc) is 2.81. The van der Waals surface area contributed by atoms with Crippen molar-refractivity contribution in [3.63, 3.8) is 0 Å². The molecule has 0 saturated carbocycles. The highest BCUT2D eigenvalue weighted by Gasteiger charge is 2.48. The Hall–Kier alpha value is -1.79. The van der Waals surface area contributed by atoms with Gasteiger partial charge in [-0.3, -0.25) is 0 Å². The Labute approximate surface area is 137 Å². The smallest absolute Gasteiger partial charge is 0.354 e. The van der Waals surface area contributed by atoms with Gasteiger partial charge in [-0.15, -0.1) is 0 Å². The number of esters is 1. The van der Waals surface area contributed by atoms with E-state index in [1.54, 1.807) is 19.1 Å². The molecule has 0 bridgehead atoms. The summed E-state index contributed by atoms with van der Waals surface area (Å²) in [6, 6.07) is 4.62. The van der Waals surface area contributed by atoms with Crippen LogP contribution in [0.2, 0.25) is 10.0 Å². The molecule has 0 spiro atoms. The zero-order chi connectivity index (χ0) is 16.5. The van der Waals surface area contributed by atoms with Crippen molar-refractivity contribution in [2.45, 2.75) is 25.8 Å². The van der Waals surface area contributed by atoms with Crippen LogP contribution in [0.1, 0.15) is 20.3 Å². The molecule has 0 radical (unpaired) electrons. The zero-order valence-corrected chi connectivity index (χ0v) is 13.5. The van der Waals surface area contributed by atoms with E-state index in [1.165, 1.54) is 18.0 Å². The molecule has 1 aromatic rings. The largest absolute Gasteiger partial charge is 0.479 e. The molecular weight excluding hydrogens is 331 g/mol. The van der Waals surface area contributed by atoms with Crippen LogP contribution in [0.3, 0.4) is 0 Å². The SMILES string of the molecule is CCOC(=O)C1=NN(c2cc(Cl)ccc2Cl)[C@](C)(C(=O)O)C1. The summed E-state index contributed by atoms with van der Waals surface area (Å²) in [6.45, 7) is 3.30. The van der Waals surface area contributed by atoms with E-state index in [-0.39, 0.29) is 23.8 Å². The Kier molecular flexibility index (Phi) is 4.63. The van der Waals surface area contributed by atoms with Crippen LogP contribution >= 0.6 is 23.2 Å². The van der Waals surface area contributed by atoms with E-state index in [0.717, 1.165) is 0 Å². The summed E-state index contributed by atoms with van der Waals surface area (Å²) in [6.07, 6.45) is -0.0932. The first-order valence-corrected chi connectivity index (χ1v) is 7.28. The number of carboxylic acid groups (broad SMARTS) is 1. The van der Waals surface area contributed by atoms with Gasteiger partial charge in [-0.05, 0) is 32.0 Å². The quantitative estimate of drug-likeness (QED) is 0.849. The van der Waals surface area contributed by atoms with Crippen molar-refractivity contribution in [3.8, 4) is 0 Å². The third kappa shape index (κ3) is 2.89. The number of carbonyl (C=O) groups excluding carboxylic acids is 1. The molecule has 0 saturated heterocycles. The van der Waals surface area contributed by atoms with Crippen LogP contribution in [0.25, 0.3) is 0 Å². The Balaban J connectivity index is 2.50. The monoisotopic (exact) mass is 344 g/mol. The Morgan fingerprint density at radius 2 is 2.14 bits per heavy atom. The highest BCUT2D eigenvalue weighted by atomic mass is 35.5. The number of aliphatic carboxylic acids is 1. The first kappa shape index (κ1) is 16.6. The van der Waals surface area contributed by atoms with Crippen molar-refractivity contribution in [1.29, 1.82) is 0 Å². The number of carbonyl (C=O) groups is 2. The second-order valence-electron chi connectivity index (χ2n) is 4.93. The number of hydrazone groups is 1. The summed E-state index contributed by atoms with van der Waals surface area (Å²) in [4.78, 5) is 23.5. The molecule has 22 heavy (non-hydrogen) atoms. The molecule has 6 nitrogen and oxygen atoms in total. The molecule has 0 amide bonds. The zero-order valence-electron chi connectivity index (χ0n) is 12.0. The highest BCUT2D eigenvalue weighted by Crippen LogP contribution is 2.38. The standard InChI is InChI=1S/C14H14Cl2N2O4/c1-3-22-12(19)10-7-14(2,13(20)21)18(17-10)11-6-8(15)4-5-9(11)16/h4-6H,3,7H2,1-2H3,(H,20,21)/t14-/m0/s1. The van der Waals surface area contributed by atoms with Crippen molar-refractivity contribution >= 4 is 46.5 Å². The molecule has 1 aliphatic rings. The summed E-state index contributed by atoms with van der Waals surface area (Å²) >= 11 is 12.1. The van der Waals surface area contributed by atoms with Gasteiger partial charge in [0.15, 0.2) is 5.54 Å². The number of nitrogens with zero attached hydrogens (tertiary/aromatic N) is 2. The van der Waals surface area contributed by atoms with E-state index >= 15 is 0 Å². The van der Waals surface area contributed by atoms with Gasteiger partial charge in [0.2, 0.25) is 0 Å². The summed E-state index contributed by atoms with van der Waals surface area (Å²) in [5.41, 5.74) is -1.10. The number of benzene rings is 1. The Morgan fingerprint density at radius 3 is 2.73 bits per heavy atom. The van der Waals surface area contributed by atoms with E-state index in [1.807, 2.05) is 0 Å². The molecular formula is C14H14Cl2N2O4. The third-order valence-electron chi connectivity index (χ3n) is 3.31. The van der Waals surface area contributed by atoms with E-state index in [9.17, 15) is 14.7 Å². The van der Waals surface area contributed by atoms with Gasteiger partial charge in [0.25, 0.3) is 0 Å². The topological polar surface area (TPSA) is 79.2 Å². The predicted molar refractivity (Wildman–Crippen MR) is 83.7 cm³/mol. The van der Waals surface area contributed by atoms with E-state index in [2.05, 4.69) is 5.10 Å². The molecule has 0 fully saturated rings. The maximum absolute atomic E-state index is 11.9. The summed E-state index contributed by atoms with van der Waals surface area (Å²) in [7, 11) is 0. The third-order valence-corrected chi connectivity index (χ3v) is 3.86. The summed E-state index contributed by atoms with van der Waals surface area (Å²) in [5, 5.41) is 15.5. The molecule has 0 aliphatic carbocycles. The fourth-order valence-electron chi connectivity index (χ4n) is 2.13. The molecule has 1 aromatic carbocycles. The lowest BCUT2D eigenvalue weighted by Gasteiger charge is -2.30. The molecule has 0 aromatic heterocycles. The van der Waals surface area contributed by atoms with Crippen molar-refractivity contribution < 1.29 is 19.4 Å². The van der Waals surface area contributed by atoms with Crippen LogP contribution in [-0.4, -0.2) is 34.9 Å². The van der Waals surface area contributed by atoms with Crippen molar-refractivity contribution in [2.24, 2.45) is 5.10 Å². The minimum atomic E-state index is -1.45. The van der Waals surface area contributed by atoms with Gasteiger partial charge in [0.1, 0.15) is 5.71 Å². The van der Waals surface area contributed by atoms with Crippen LogP contribution in [0.15, 0.2) is 23.3 Å². The molecule has 1 N–H and O–H groups in total. The van der Waals surface area contributed by atoms with Gasteiger partial charge in [0, 0.05) is 11.4 Å². The van der Waals surface area contributed by atoms with Gasteiger partial charge < -0.3 is 9.84 Å². The van der Waals surface area contributed by atoms with Gasteiger partial charge in [-0.25, -0.2) is 14.6 Å². The molecule has 1 atom stereocenters. The first-order valence-electron chi connectivity index (χ1n) is 6.53. The van der Waals surface area contributed by atoms with Crippen LogP contribution in [-0.2, 0) is 14.3 Å². The van der Waals surface area contributed by atoms with Crippen molar-refractivity contribution in [3.05, 3.63) is 28.2 Å². The maximum atomic E-state index is 11.9. The van der Waals surface area contributed by atoms with Crippen LogP contribution in [0, 0.1) is 0 Å². The maximum Gasteiger partial charge on any atom is 0.354 e. The van der Waals surface area contributed by atoms with Gasteiger partial charge in [-0.1, -0.05) is 23.2 Å². The fourth-order valence-corrected chi connectivity index (χ4v) is 2.49. The predicted octanol–water partition coefficient (Wildman–Crippen LogP) is 2.97. The van der Waals surface area contributed by atoms with E-state index in [0.29, 0.717) is 10.7 Å². The molecule has 2 rings (SSSR count). The first-order chi connectivity index (χ1) is 10.3. The van der Waals surface area contributed by atoms with Gasteiger partial charge in [0.05, 0.1) is 17.3 Å². The molecule has 1 heterocycles. The molecule has 8 heteroatoms. The van der Waals surface area contributed by atoms with Crippen molar-refractivity contribution in [2.75, 3.05) is 11.6 Å². The van der Waals surface area contributed by atoms with Crippen molar-refractivity contribution in [1.82, 2.24) is 0 Å². The lowest BCUT2D eigenvalue weighted by molar-refractivity contribution is -0.142. The number of anilines is 1. The minimum Gasteiger partial charge on any atom is -0.479 e. The minimum absolute atomic E-state index is 0.0304. The Morgan fingerprint density at radius 1 is 1.45 bits per heavy atom. The van der Waals surface area contributed by atoms with Crippen LogP contribution in [0.4, 0.5) is 5.69 Å². The molecule has 0 unspecified atom stereocenters. The molecule has 118 valence electrons. The lowest BCUT2D eigenvalue weighted by atomic mass is 9.95. The second-order valence-corrected chi connectivity index (χ2v) is 5.77. The highest BCUT2D eigenvalue weighted by molar-refractivity contribution is 6.39. The van der Waals surface area contributed by atoms with Crippen LogP contribution in [0.5, 0.6) is 0 Å². The molecule has 1 aliphatic heterocycles. The van der Waals surface area contributed by atoms with Gasteiger partial charge >= 0.3 is 11.9 Å². The normalized spacial score (nSPS) is 20.7. The summed E-state index contributed by atoms with van der Waals surface area (Å²) in [5.74, 6) is -1.78. The number of halogens is 2. The number of rotatable bonds is 4. The average molecular weight is 345 g/mol. The summed E-state index contributed by atoms with van der Waals surface area (Å²) < 4.78 is 4.89.